The molecule has 0 fully saturated rings. The normalized spacial score (nSPS) is 13.5. The standard InChI is InChI=1S/C15H33N/c1-13(2)15(6,7)10-8-9-11-16-12-14(3,4)5/h13,16H,8-12H2,1-7H3. The predicted molar refractivity (Wildman–Crippen MR) is 74.8 cm³/mol. The fourth-order valence-electron chi connectivity index (χ4n) is 1.58. The summed E-state index contributed by atoms with van der Waals surface area (Å²) in [4.78, 5) is 0. The van der Waals surface area contributed by atoms with Crippen LogP contribution in [0, 0.1) is 16.7 Å². The van der Waals surface area contributed by atoms with Crippen LogP contribution in [0.4, 0.5) is 0 Å². The van der Waals surface area contributed by atoms with E-state index < -0.39 is 0 Å². The van der Waals surface area contributed by atoms with E-state index in [0.717, 1.165) is 12.5 Å². The summed E-state index contributed by atoms with van der Waals surface area (Å²) in [7, 11) is 0. The van der Waals surface area contributed by atoms with E-state index >= 15 is 0 Å². The highest BCUT2D eigenvalue weighted by Gasteiger charge is 2.21. The van der Waals surface area contributed by atoms with Crippen molar-refractivity contribution in [3.8, 4) is 0 Å². The van der Waals surface area contributed by atoms with Gasteiger partial charge in [0.2, 0.25) is 0 Å². The molecule has 0 bridgehead atoms. The summed E-state index contributed by atoms with van der Waals surface area (Å²) in [6.45, 7) is 18.6. The maximum absolute atomic E-state index is 3.54. The molecule has 0 aromatic heterocycles. The summed E-state index contributed by atoms with van der Waals surface area (Å²) in [6.07, 6.45) is 4.01. The third-order valence-electron chi connectivity index (χ3n) is 3.64. The van der Waals surface area contributed by atoms with Crippen molar-refractivity contribution in [2.75, 3.05) is 13.1 Å². The molecular weight excluding hydrogens is 194 g/mol. The van der Waals surface area contributed by atoms with Crippen molar-refractivity contribution in [2.45, 2.75) is 67.7 Å². The van der Waals surface area contributed by atoms with Gasteiger partial charge in [-0.2, -0.15) is 0 Å². The van der Waals surface area contributed by atoms with E-state index in [1.54, 1.807) is 0 Å². The highest BCUT2D eigenvalue weighted by molar-refractivity contribution is 4.72. The Morgan fingerprint density at radius 1 is 0.938 bits per heavy atom. The molecule has 0 amide bonds. The molecule has 98 valence electrons. The summed E-state index contributed by atoms with van der Waals surface area (Å²) in [5, 5.41) is 3.54. The summed E-state index contributed by atoms with van der Waals surface area (Å²) in [6, 6.07) is 0. The minimum Gasteiger partial charge on any atom is -0.316 e. The molecule has 16 heavy (non-hydrogen) atoms. The van der Waals surface area contributed by atoms with Gasteiger partial charge in [-0.05, 0) is 42.7 Å². The number of hydrogen-bond donors (Lipinski definition) is 1. The average molecular weight is 227 g/mol. The van der Waals surface area contributed by atoms with Crippen LogP contribution < -0.4 is 5.32 Å². The van der Waals surface area contributed by atoms with Crippen LogP contribution in [-0.2, 0) is 0 Å². The van der Waals surface area contributed by atoms with Crippen LogP contribution in [0.15, 0.2) is 0 Å². The summed E-state index contributed by atoms with van der Waals surface area (Å²) >= 11 is 0. The smallest absolute Gasteiger partial charge is 0.0000126 e. The number of unbranched alkanes of at least 4 members (excludes halogenated alkanes) is 1. The van der Waals surface area contributed by atoms with Crippen molar-refractivity contribution in [1.82, 2.24) is 5.32 Å². The molecule has 0 radical (unpaired) electrons. The second-order valence-electron chi connectivity index (χ2n) is 7.34. The summed E-state index contributed by atoms with van der Waals surface area (Å²) in [5.74, 6) is 0.787. The topological polar surface area (TPSA) is 12.0 Å². The largest absolute Gasteiger partial charge is 0.316 e. The fraction of sp³-hybridized carbons (Fsp3) is 1.00. The van der Waals surface area contributed by atoms with Gasteiger partial charge in [0.15, 0.2) is 0 Å². The molecule has 1 N–H and O–H groups in total. The van der Waals surface area contributed by atoms with Crippen LogP contribution in [0.1, 0.15) is 67.7 Å². The first-order chi connectivity index (χ1) is 7.15. The van der Waals surface area contributed by atoms with Crippen molar-refractivity contribution in [3.05, 3.63) is 0 Å². The first kappa shape index (κ1) is 16.0. The molecule has 0 aliphatic heterocycles. The van der Waals surface area contributed by atoms with Crippen molar-refractivity contribution in [3.63, 3.8) is 0 Å². The second kappa shape index (κ2) is 6.64. The Hall–Kier alpha value is -0.0400. The van der Waals surface area contributed by atoms with Gasteiger partial charge in [-0.25, -0.2) is 0 Å². The van der Waals surface area contributed by atoms with Crippen LogP contribution in [0.2, 0.25) is 0 Å². The Labute approximate surface area is 103 Å². The van der Waals surface area contributed by atoms with Crippen molar-refractivity contribution in [2.24, 2.45) is 16.7 Å². The van der Waals surface area contributed by atoms with Gasteiger partial charge in [-0.1, -0.05) is 54.9 Å². The molecule has 0 aliphatic carbocycles. The van der Waals surface area contributed by atoms with Gasteiger partial charge < -0.3 is 5.32 Å². The maximum Gasteiger partial charge on any atom is -0.0000126 e. The molecule has 0 unspecified atom stereocenters. The lowest BCUT2D eigenvalue weighted by Crippen LogP contribution is -2.28. The van der Waals surface area contributed by atoms with Gasteiger partial charge in [-0.3, -0.25) is 0 Å². The zero-order valence-electron chi connectivity index (χ0n) is 12.6. The lowest BCUT2D eigenvalue weighted by molar-refractivity contribution is 0.221. The van der Waals surface area contributed by atoms with E-state index in [1.807, 2.05) is 0 Å². The monoisotopic (exact) mass is 227 g/mol. The summed E-state index contributed by atoms with van der Waals surface area (Å²) in [5.41, 5.74) is 0.918. The van der Waals surface area contributed by atoms with Crippen LogP contribution in [0.3, 0.4) is 0 Å². The number of hydrogen-bond acceptors (Lipinski definition) is 1. The Balaban J connectivity index is 3.48. The Kier molecular flexibility index (Phi) is 6.62. The summed E-state index contributed by atoms with van der Waals surface area (Å²) < 4.78 is 0. The SMILES string of the molecule is CC(C)C(C)(C)CCCCNCC(C)(C)C. The average Bonchev–Trinajstić information content (AvgIpc) is 2.09. The van der Waals surface area contributed by atoms with Crippen molar-refractivity contribution in [1.29, 1.82) is 0 Å². The van der Waals surface area contributed by atoms with E-state index in [0.29, 0.717) is 10.8 Å². The number of nitrogens with one attached hydrogen (secondary N) is 1. The van der Waals surface area contributed by atoms with Crippen molar-refractivity contribution < 1.29 is 0 Å². The molecule has 0 saturated heterocycles. The van der Waals surface area contributed by atoms with Gasteiger partial charge in [-0.15, -0.1) is 0 Å². The lowest BCUT2D eigenvalue weighted by atomic mass is 9.77. The zero-order valence-corrected chi connectivity index (χ0v) is 12.6. The van der Waals surface area contributed by atoms with E-state index in [1.165, 1.54) is 25.8 Å². The van der Waals surface area contributed by atoms with Crippen LogP contribution in [0.25, 0.3) is 0 Å². The highest BCUT2D eigenvalue weighted by Crippen LogP contribution is 2.31. The molecule has 0 rings (SSSR count). The van der Waals surface area contributed by atoms with E-state index in [4.69, 9.17) is 0 Å². The quantitative estimate of drug-likeness (QED) is 0.633. The molecule has 0 aliphatic rings. The van der Waals surface area contributed by atoms with Gasteiger partial charge in [0.05, 0.1) is 0 Å². The van der Waals surface area contributed by atoms with Gasteiger partial charge >= 0.3 is 0 Å². The first-order valence-corrected chi connectivity index (χ1v) is 6.86. The van der Waals surface area contributed by atoms with Gasteiger partial charge in [0.25, 0.3) is 0 Å². The van der Waals surface area contributed by atoms with E-state index in [2.05, 4.69) is 53.8 Å². The van der Waals surface area contributed by atoms with Crippen LogP contribution in [0.5, 0.6) is 0 Å². The van der Waals surface area contributed by atoms with E-state index in [-0.39, 0.29) is 0 Å². The molecule has 0 aromatic rings. The Morgan fingerprint density at radius 3 is 1.94 bits per heavy atom. The third kappa shape index (κ3) is 8.15. The molecule has 1 nitrogen and oxygen atoms in total. The van der Waals surface area contributed by atoms with E-state index in [9.17, 15) is 0 Å². The minimum absolute atomic E-state index is 0.414. The van der Waals surface area contributed by atoms with Gasteiger partial charge in [0, 0.05) is 0 Å². The molecule has 0 saturated carbocycles. The predicted octanol–water partition coefficient (Wildman–Crippen LogP) is 4.47. The minimum atomic E-state index is 0.414. The Morgan fingerprint density at radius 2 is 1.50 bits per heavy atom. The number of rotatable bonds is 7. The first-order valence-electron chi connectivity index (χ1n) is 6.86. The molecule has 1 heteroatoms. The second-order valence-corrected chi connectivity index (χ2v) is 7.34. The molecular formula is C15H33N. The molecule has 0 atom stereocenters. The fourth-order valence-corrected chi connectivity index (χ4v) is 1.58. The lowest BCUT2D eigenvalue weighted by Gasteiger charge is -2.29. The molecule has 0 aromatic carbocycles. The van der Waals surface area contributed by atoms with Crippen LogP contribution in [-0.4, -0.2) is 13.1 Å². The maximum atomic E-state index is 3.54. The Bertz CT molecular complexity index is 174. The molecule has 0 spiro atoms. The third-order valence-corrected chi connectivity index (χ3v) is 3.64. The zero-order chi connectivity index (χ0) is 12.8. The highest BCUT2D eigenvalue weighted by atomic mass is 14.9. The van der Waals surface area contributed by atoms with Crippen LogP contribution >= 0.6 is 0 Å². The van der Waals surface area contributed by atoms with Gasteiger partial charge in [0.1, 0.15) is 0 Å². The van der Waals surface area contributed by atoms with Crippen molar-refractivity contribution >= 4 is 0 Å². The molecule has 0 heterocycles.